The van der Waals surface area contributed by atoms with Crippen LogP contribution in [0.4, 0.5) is 19.0 Å². The molecule has 1 N–H and O–H groups in total. The van der Waals surface area contributed by atoms with Crippen LogP contribution in [0.3, 0.4) is 0 Å². The summed E-state index contributed by atoms with van der Waals surface area (Å²) in [7, 11) is 1.63. The van der Waals surface area contributed by atoms with E-state index in [4.69, 9.17) is 19.6 Å². The molecule has 5 aromatic rings. The van der Waals surface area contributed by atoms with Gasteiger partial charge in [0.15, 0.2) is 0 Å². The number of carboxylic acids is 1. The predicted octanol–water partition coefficient (Wildman–Crippen LogP) is 5.06. The van der Waals surface area contributed by atoms with Crippen molar-refractivity contribution in [2.24, 2.45) is 0 Å². The average molecular weight is 637 g/mol. The van der Waals surface area contributed by atoms with Crippen molar-refractivity contribution in [1.82, 2.24) is 29.5 Å². The van der Waals surface area contributed by atoms with Gasteiger partial charge in [-0.3, -0.25) is 4.90 Å². The Labute approximate surface area is 259 Å². The number of carboxylic acid groups (broad SMARTS) is 1. The molecule has 0 spiro atoms. The van der Waals surface area contributed by atoms with Crippen LogP contribution in [0.15, 0.2) is 61.3 Å². The van der Waals surface area contributed by atoms with E-state index >= 15 is 0 Å². The summed E-state index contributed by atoms with van der Waals surface area (Å²) in [6, 6.07) is 12.5. The van der Waals surface area contributed by atoms with Gasteiger partial charge in [-0.25, -0.2) is 24.3 Å². The van der Waals surface area contributed by atoms with E-state index in [2.05, 4.69) is 55.2 Å². The average Bonchev–Trinajstić information content (AvgIpc) is 3.67. The maximum absolute atomic E-state index is 10.6. The van der Waals surface area contributed by atoms with Crippen molar-refractivity contribution in [2.75, 3.05) is 38.2 Å². The van der Waals surface area contributed by atoms with Crippen LogP contribution in [0, 0.1) is 18.3 Å². The molecule has 0 amide bonds. The van der Waals surface area contributed by atoms with Crippen LogP contribution in [0.1, 0.15) is 16.1 Å². The number of pyridine rings is 3. The van der Waals surface area contributed by atoms with Crippen LogP contribution in [-0.2, 0) is 11.3 Å². The number of methoxy groups -OCH3 is 1. The number of hydrogen-bond acceptors (Lipinski definition) is 10. The van der Waals surface area contributed by atoms with Crippen molar-refractivity contribution in [3.63, 3.8) is 0 Å². The topological polar surface area (TPSA) is 133 Å². The zero-order valence-corrected chi connectivity index (χ0v) is 25.0. The Morgan fingerprint density at radius 1 is 1.04 bits per heavy atom. The number of nitriles is 1. The van der Waals surface area contributed by atoms with Crippen LogP contribution < -0.4 is 9.64 Å². The van der Waals surface area contributed by atoms with E-state index in [1.54, 1.807) is 29.2 Å². The maximum atomic E-state index is 10.6. The quantitative estimate of drug-likeness (QED) is 0.270. The Bertz CT molecular complexity index is 1820. The number of rotatable bonds is 6. The molecule has 5 aromatic heterocycles. The van der Waals surface area contributed by atoms with Crippen molar-refractivity contribution in [1.29, 1.82) is 5.26 Å². The van der Waals surface area contributed by atoms with Gasteiger partial charge in [0, 0.05) is 80.3 Å². The molecule has 0 aromatic carbocycles. The summed E-state index contributed by atoms with van der Waals surface area (Å²) in [6.07, 6.45) is 4.15. The first-order chi connectivity index (χ1) is 21.5. The number of alkyl halides is 3. The minimum Gasteiger partial charge on any atom is -0.481 e. The minimum atomic E-state index is -5.08. The summed E-state index contributed by atoms with van der Waals surface area (Å²) >= 11 is 1.64. The first kappa shape index (κ1) is 31.4. The number of fused-ring (bicyclic) bond motifs is 1. The molecule has 0 unspecified atom stereocenters. The third-order valence-corrected chi connectivity index (χ3v) is 8.01. The van der Waals surface area contributed by atoms with Crippen molar-refractivity contribution < 1.29 is 27.8 Å². The van der Waals surface area contributed by atoms with E-state index in [0.29, 0.717) is 11.4 Å². The molecular weight excluding hydrogens is 609 g/mol. The molecule has 45 heavy (non-hydrogen) atoms. The van der Waals surface area contributed by atoms with Crippen LogP contribution in [0.25, 0.3) is 27.1 Å². The number of aromatic nitrogens is 5. The minimum absolute atomic E-state index is 0.541. The molecule has 0 bridgehead atoms. The van der Waals surface area contributed by atoms with E-state index < -0.39 is 12.1 Å². The molecule has 0 atom stereocenters. The summed E-state index contributed by atoms with van der Waals surface area (Å²) in [5.74, 6) is -1.16. The highest BCUT2D eigenvalue weighted by atomic mass is 32.1. The molecule has 1 fully saturated rings. The summed E-state index contributed by atoms with van der Waals surface area (Å²) in [5.41, 5.74) is 5.40. The van der Waals surface area contributed by atoms with Crippen molar-refractivity contribution in [2.45, 2.75) is 19.6 Å². The largest absolute Gasteiger partial charge is 0.490 e. The molecule has 6 rings (SSSR count). The maximum Gasteiger partial charge on any atom is 0.490 e. The van der Waals surface area contributed by atoms with Gasteiger partial charge in [-0.2, -0.15) is 23.5 Å². The normalized spacial score (nSPS) is 13.6. The summed E-state index contributed by atoms with van der Waals surface area (Å²) < 4.78 is 38.7. The number of thiazole rings is 1. The number of halogens is 3. The number of piperazine rings is 1. The third kappa shape index (κ3) is 7.36. The van der Waals surface area contributed by atoms with Gasteiger partial charge in [0.1, 0.15) is 11.9 Å². The van der Waals surface area contributed by atoms with E-state index in [9.17, 15) is 18.4 Å². The number of anilines is 1. The summed E-state index contributed by atoms with van der Waals surface area (Å²) in [6.45, 7) is 6.58. The van der Waals surface area contributed by atoms with Crippen LogP contribution in [0.2, 0.25) is 0 Å². The standard InChI is InChI=1S/C28H26N8OS.C2HF3O2/c1-19-30-16-25(38-19)22-11-24(28-23(12-29)15-33-36(28)18-22)21-4-5-26(31-14-21)35-9-7-34(8-10-35)17-20-3-6-27(37-2)32-13-20;3-2(4,5)1(6)7/h3-6,11,13-16,18H,7-10,17H2,1-2H3;(H,6,7). The molecular formula is C30H27F3N8O3S. The van der Waals surface area contributed by atoms with Crippen molar-refractivity contribution in [3.8, 4) is 33.5 Å². The van der Waals surface area contributed by atoms with E-state index in [-0.39, 0.29) is 0 Å². The van der Waals surface area contributed by atoms with E-state index in [1.165, 1.54) is 5.56 Å². The monoisotopic (exact) mass is 636 g/mol. The Hall–Kier alpha value is -5.07. The van der Waals surface area contributed by atoms with Crippen molar-refractivity contribution in [3.05, 3.63) is 77.5 Å². The number of nitrogens with zero attached hydrogens (tertiary/aromatic N) is 8. The van der Waals surface area contributed by atoms with Gasteiger partial charge in [0.2, 0.25) is 5.88 Å². The van der Waals surface area contributed by atoms with Gasteiger partial charge < -0.3 is 14.7 Å². The first-order valence-electron chi connectivity index (χ1n) is 13.6. The van der Waals surface area contributed by atoms with Gasteiger partial charge in [0.25, 0.3) is 0 Å². The van der Waals surface area contributed by atoms with Gasteiger partial charge >= 0.3 is 12.1 Å². The second-order valence-electron chi connectivity index (χ2n) is 10.0. The van der Waals surface area contributed by atoms with Crippen LogP contribution >= 0.6 is 11.3 Å². The first-order valence-corrected chi connectivity index (χ1v) is 14.4. The number of carbonyl (C=O) groups is 1. The van der Waals surface area contributed by atoms with Crippen LogP contribution in [0.5, 0.6) is 5.88 Å². The third-order valence-electron chi connectivity index (χ3n) is 7.05. The second-order valence-corrected chi connectivity index (χ2v) is 11.3. The molecule has 1 aliphatic rings. The molecule has 0 radical (unpaired) electrons. The van der Waals surface area contributed by atoms with Gasteiger partial charge in [-0.15, -0.1) is 11.3 Å². The zero-order chi connectivity index (χ0) is 32.1. The van der Waals surface area contributed by atoms with E-state index in [0.717, 1.165) is 70.6 Å². The fraction of sp³-hybridized carbons (Fsp3) is 0.267. The molecule has 1 saturated heterocycles. The Morgan fingerprint density at radius 3 is 2.36 bits per heavy atom. The lowest BCUT2D eigenvalue weighted by atomic mass is 10.0. The van der Waals surface area contributed by atoms with Gasteiger partial charge in [0.05, 0.1) is 34.3 Å². The Kier molecular flexibility index (Phi) is 9.26. The van der Waals surface area contributed by atoms with Crippen LogP contribution in [-0.4, -0.2) is 80.0 Å². The lowest BCUT2D eigenvalue weighted by molar-refractivity contribution is -0.192. The number of aryl methyl sites for hydroxylation is 1. The number of hydrogen-bond donors (Lipinski definition) is 1. The zero-order valence-electron chi connectivity index (χ0n) is 24.2. The molecule has 15 heteroatoms. The molecule has 0 saturated carbocycles. The molecule has 6 heterocycles. The summed E-state index contributed by atoms with van der Waals surface area (Å²) in [5, 5.41) is 22.3. The fourth-order valence-corrected chi connectivity index (χ4v) is 5.56. The Balaban J connectivity index is 0.000000515. The SMILES string of the molecule is COc1ccc(CN2CCN(c3ccc(-c4cc(-c5cnc(C)s5)cn5ncc(C#N)c45)cn3)CC2)cn1.O=C(O)C(F)(F)F. The number of ether oxygens (including phenoxy) is 1. The number of aliphatic carboxylic acids is 1. The highest BCUT2D eigenvalue weighted by Crippen LogP contribution is 2.34. The molecule has 0 aliphatic carbocycles. The lowest BCUT2D eigenvalue weighted by Crippen LogP contribution is -2.46. The van der Waals surface area contributed by atoms with Crippen molar-refractivity contribution >= 4 is 28.6 Å². The van der Waals surface area contributed by atoms with E-state index in [1.807, 2.05) is 37.8 Å². The predicted molar refractivity (Wildman–Crippen MR) is 161 cm³/mol. The molecule has 232 valence electrons. The second kappa shape index (κ2) is 13.3. The van der Waals surface area contributed by atoms with Gasteiger partial charge in [-0.05, 0) is 30.7 Å². The Morgan fingerprint density at radius 2 is 1.80 bits per heavy atom. The van der Waals surface area contributed by atoms with Gasteiger partial charge in [-0.1, -0.05) is 6.07 Å². The smallest absolute Gasteiger partial charge is 0.481 e. The lowest BCUT2D eigenvalue weighted by Gasteiger charge is -2.35. The molecule has 11 nitrogen and oxygen atoms in total. The highest BCUT2D eigenvalue weighted by Gasteiger charge is 2.38. The fourth-order valence-electron chi connectivity index (χ4n) is 4.80. The highest BCUT2D eigenvalue weighted by molar-refractivity contribution is 7.15. The molecule has 1 aliphatic heterocycles. The summed E-state index contributed by atoms with van der Waals surface area (Å²) in [4.78, 5) is 28.2.